The minimum absolute atomic E-state index is 0.279. The van der Waals surface area contributed by atoms with Crippen LogP contribution in [0.25, 0.3) is 0 Å². The fourth-order valence-electron chi connectivity index (χ4n) is 2.28. The molecule has 6 heteroatoms. The Morgan fingerprint density at radius 2 is 1.45 bits per heavy atom. The van der Waals surface area contributed by atoms with E-state index in [2.05, 4.69) is 0 Å². The Bertz CT molecular complexity index is 882. The van der Waals surface area contributed by atoms with Gasteiger partial charge in [-0.05, 0) is 42.2 Å². The average Bonchev–Trinajstić information content (AvgIpc) is 2.44. The van der Waals surface area contributed by atoms with Crippen LogP contribution >= 0.6 is 0 Å². The summed E-state index contributed by atoms with van der Waals surface area (Å²) < 4.78 is 46.7. The Morgan fingerprint density at radius 1 is 0.773 bits per heavy atom. The second kappa shape index (κ2) is 6.22. The van der Waals surface area contributed by atoms with Crippen LogP contribution in [0.3, 0.4) is 0 Å². The van der Waals surface area contributed by atoms with E-state index < -0.39 is 19.7 Å². The van der Waals surface area contributed by atoms with Crippen molar-refractivity contribution in [1.82, 2.24) is 0 Å². The lowest BCUT2D eigenvalue weighted by Gasteiger charge is -2.08. The summed E-state index contributed by atoms with van der Waals surface area (Å²) in [5.74, 6) is 0. The molecule has 0 saturated carbocycles. The van der Waals surface area contributed by atoms with E-state index in [1.807, 2.05) is 6.07 Å². The van der Waals surface area contributed by atoms with Crippen LogP contribution in [0.2, 0.25) is 0 Å². The zero-order valence-electron chi connectivity index (χ0n) is 12.5. The molecule has 118 valence electrons. The molecule has 0 heterocycles. The molecule has 0 spiro atoms. The highest BCUT2D eigenvalue weighted by Crippen LogP contribution is 2.19. The van der Waals surface area contributed by atoms with Crippen molar-refractivity contribution < 1.29 is 16.8 Å². The quantitative estimate of drug-likeness (QED) is 0.839. The van der Waals surface area contributed by atoms with E-state index in [1.54, 1.807) is 42.5 Å². The van der Waals surface area contributed by atoms with Gasteiger partial charge in [-0.1, -0.05) is 30.3 Å². The minimum Gasteiger partial charge on any atom is -0.224 e. The predicted molar refractivity (Wildman–Crippen MR) is 86.5 cm³/mol. The maximum absolute atomic E-state index is 11.8. The Hall–Kier alpha value is -1.66. The Morgan fingerprint density at radius 3 is 2.09 bits per heavy atom. The molecule has 2 aromatic rings. The normalized spacial score (nSPS) is 12.3. The van der Waals surface area contributed by atoms with Crippen molar-refractivity contribution in [2.24, 2.45) is 0 Å². The van der Waals surface area contributed by atoms with E-state index in [-0.39, 0.29) is 4.90 Å². The molecule has 0 atom stereocenters. The summed E-state index contributed by atoms with van der Waals surface area (Å²) in [5.41, 5.74) is 1.61. The lowest BCUT2D eigenvalue weighted by atomic mass is 10.0. The topological polar surface area (TPSA) is 68.3 Å². The molecule has 2 aromatic carbocycles. The molecule has 0 fully saturated rings. The lowest BCUT2D eigenvalue weighted by molar-refractivity contribution is 0.599. The van der Waals surface area contributed by atoms with Gasteiger partial charge in [0.15, 0.2) is 19.7 Å². The van der Waals surface area contributed by atoms with Crippen molar-refractivity contribution in [1.29, 1.82) is 0 Å². The third-order valence-corrected chi connectivity index (χ3v) is 5.69. The van der Waals surface area contributed by atoms with E-state index in [4.69, 9.17) is 0 Å². The number of sulfone groups is 2. The number of hydrogen-bond donors (Lipinski definition) is 0. The molecule has 0 radical (unpaired) electrons. The molecule has 0 aliphatic heterocycles. The molecule has 0 saturated heterocycles. The van der Waals surface area contributed by atoms with E-state index in [0.717, 1.165) is 11.1 Å². The van der Waals surface area contributed by atoms with Crippen LogP contribution in [0.1, 0.15) is 11.1 Å². The Labute approximate surface area is 131 Å². The highest BCUT2D eigenvalue weighted by molar-refractivity contribution is 7.91. The predicted octanol–water partition coefficient (Wildman–Crippen LogP) is 2.28. The minimum atomic E-state index is -3.27. The summed E-state index contributed by atoms with van der Waals surface area (Å²) in [6, 6.07) is 13.6. The van der Waals surface area contributed by atoms with Crippen molar-refractivity contribution in [2.75, 3.05) is 12.5 Å². The summed E-state index contributed by atoms with van der Waals surface area (Å²) in [4.78, 5) is 0.607. The summed E-state index contributed by atoms with van der Waals surface area (Å²) in [6.07, 6.45) is 3.48. The molecular formula is C16H18O4S2. The summed E-state index contributed by atoms with van der Waals surface area (Å²) >= 11 is 0. The maximum Gasteiger partial charge on any atom is 0.175 e. The molecule has 4 nitrogen and oxygen atoms in total. The van der Waals surface area contributed by atoms with Gasteiger partial charge < -0.3 is 0 Å². The zero-order valence-corrected chi connectivity index (χ0v) is 14.1. The van der Waals surface area contributed by atoms with Gasteiger partial charge >= 0.3 is 0 Å². The molecular weight excluding hydrogens is 320 g/mol. The Balaban J connectivity index is 2.25. The van der Waals surface area contributed by atoms with Gasteiger partial charge in [0.05, 0.1) is 9.79 Å². The van der Waals surface area contributed by atoms with Crippen molar-refractivity contribution >= 4 is 19.7 Å². The van der Waals surface area contributed by atoms with Crippen LogP contribution in [0.4, 0.5) is 0 Å². The monoisotopic (exact) mass is 338 g/mol. The van der Waals surface area contributed by atoms with Crippen molar-refractivity contribution in [3.05, 3.63) is 59.7 Å². The first-order valence-corrected chi connectivity index (χ1v) is 10.5. The molecule has 2 rings (SSSR count). The molecule has 0 bridgehead atoms. The smallest absolute Gasteiger partial charge is 0.175 e. The molecule has 22 heavy (non-hydrogen) atoms. The summed E-state index contributed by atoms with van der Waals surface area (Å²) in [5, 5.41) is 0. The second-order valence-electron chi connectivity index (χ2n) is 5.30. The van der Waals surface area contributed by atoms with E-state index >= 15 is 0 Å². The second-order valence-corrected chi connectivity index (χ2v) is 9.30. The molecule has 0 N–H and O–H groups in total. The first-order valence-electron chi connectivity index (χ1n) is 6.75. The summed E-state index contributed by atoms with van der Waals surface area (Å²) in [7, 11) is -6.50. The number of rotatable bonds is 5. The van der Waals surface area contributed by atoms with Gasteiger partial charge in [-0.25, -0.2) is 16.8 Å². The fraction of sp³-hybridized carbons (Fsp3) is 0.250. The summed E-state index contributed by atoms with van der Waals surface area (Å²) in [6.45, 7) is 0. The van der Waals surface area contributed by atoms with Gasteiger partial charge in [-0.15, -0.1) is 0 Å². The van der Waals surface area contributed by atoms with Crippen LogP contribution in [0.5, 0.6) is 0 Å². The molecule has 0 aromatic heterocycles. The average molecular weight is 338 g/mol. The third kappa shape index (κ3) is 4.18. The van der Waals surface area contributed by atoms with Gasteiger partial charge in [0.25, 0.3) is 0 Å². The maximum atomic E-state index is 11.8. The van der Waals surface area contributed by atoms with Crippen LogP contribution in [0, 0.1) is 0 Å². The largest absolute Gasteiger partial charge is 0.224 e. The first-order chi connectivity index (χ1) is 10.2. The van der Waals surface area contributed by atoms with Gasteiger partial charge in [0, 0.05) is 12.5 Å². The van der Waals surface area contributed by atoms with Crippen LogP contribution in [-0.2, 0) is 32.5 Å². The van der Waals surface area contributed by atoms with Gasteiger partial charge in [0.2, 0.25) is 0 Å². The lowest BCUT2D eigenvalue weighted by Crippen LogP contribution is -2.04. The SMILES string of the molecule is CS(=O)(=O)c1cccc(CCc2ccccc2S(C)(=O)=O)c1. The van der Waals surface area contributed by atoms with Crippen molar-refractivity contribution in [3.63, 3.8) is 0 Å². The molecule has 0 amide bonds. The van der Waals surface area contributed by atoms with E-state index in [9.17, 15) is 16.8 Å². The van der Waals surface area contributed by atoms with Crippen LogP contribution < -0.4 is 0 Å². The fourth-order valence-corrected chi connectivity index (χ4v) is 3.95. The zero-order chi connectivity index (χ0) is 16.4. The van der Waals surface area contributed by atoms with E-state index in [0.29, 0.717) is 17.7 Å². The number of aryl methyl sites for hydroxylation is 2. The molecule has 0 aliphatic rings. The van der Waals surface area contributed by atoms with Crippen LogP contribution in [0.15, 0.2) is 58.3 Å². The van der Waals surface area contributed by atoms with Gasteiger partial charge in [-0.3, -0.25) is 0 Å². The van der Waals surface area contributed by atoms with Crippen LogP contribution in [-0.4, -0.2) is 29.3 Å². The molecule has 0 unspecified atom stereocenters. The van der Waals surface area contributed by atoms with Gasteiger partial charge in [-0.2, -0.15) is 0 Å². The van der Waals surface area contributed by atoms with Crippen molar-refractivity contribution in [2.45, 2.75) is 22.6 Å². The number of benzene rings is 2. The van der Waals surface area contributed by atoms with Crippen molar-refractivity contribution in [3.8, 4) is 0 Å². The standard InChI is InChI=1S/C16H18O4S2/c1-21(17,18)15-8-5-6-13(12-15)10-11-14-7-3-4-9-16(14)22(2,19)20/h3-9,12H,10-11H2,1-2H3. The highest BCUT2D eigenvalue weighted by atomic mass is 32.2. The Kier molecular flexibility index (Phi) is 4.72. The molecule has 0 aliphatic carbocycles. The first kappa shape index (κ1) is 16.7. The van der Waals surface area contributed by atoms with E-state index in [1.165, 1.54) is 12.5 Å². The third-order valence-electron chi connectivity index (χ3n) is 3.38. The number of hydrogen-bond acceptors (Lipinski definition) is 4. The van der Waals surface area contributed by atoms with Gasteiger partial charge in [0.1, 0.15) is 0 Å². The highest BCUT2D eigenvalue weighted by Gasteiger charge is 2.13.